The summed E-state index contributed by atoms with van der Waals surface area (Å²) >= 11 is 0. The summed E-state index contributed by atoms with van der Waals surface area (Å²) in [6, 6.07) is 62.9. The van der Waals surface area contributed by atoms with Crippen molar-refractivity contribution in [2.75, 3.05) is 0 Å². The zero-order chi connectivity index (χ0) is 37.6. The van der Waals surface area contributed by atoms with E-state index in [2.05, 4.69) is 167 Å². The smallest absolute Gasteiger partial charge is 0.177 e. The molecule has 10 aromatic rings. The van der Waals surface area contributed by atoms with E-state index in [0.717, 1.165) is 66.3 Å². The molecule has 0 N–H and O–H groups in total. The van der Waals surface area contributed by atoms with Gasteiger partial charge in [-0.15, -0.1) is 0 Å². The first kappa shape index (κ1) is 32.7. The highest BCUT2D eigenvalue weighted by atomic mass is 14.9. The lowest BCUT2D eigenvalue weighted by Crippen LogP contribution is -1.96. The SMILES string of the molecule is [C-]#[N+]c1cc([N+]#[C-])cc(-c2ccc(-c3ccc(-c4nc(-c5cccc(-c6cc7ccccc7c7ccccc67)c5)c5ccccc5n4)c4ccccc34)cc2)c1. The number of aromatic nitrogens is 2. The Labute approximate surface area is 324 Å². The predicted octanol–water partition coefficient (Wildman–Crippen LogP) is 14.5. The lowest BCUT2D eigenvalue weighted by atomic mass is 9.92. The molecule has 56 heavy (non-hydrogen) atoms. The second-order valence-corrected chi connectivity index (χ2v) is 13.9. The van der Waals surface area contributed by atoms with Crippen LogP contribution in [0.1, 0.15) is 0 Å². The van der Waals surface area contributed by atoms with Gasteiger partial charge in [0.05, 0.1) is 24.4 Å². The molecule has 0 aliphatic carbocycles. The van der Waals surface area contributed by atoms with Crippen LogP contribution in [0.4, 0.5) is 11.4 Å². The molecule has 0 radical (unpaired) electrons. The van der Waals surface area contributed by atoms with Crippen LogP contribution in [0.3, 0.4) is 0 Å². The molecule has 10 rings (SSSR count). The minimum atomic E-state index is 0.462. The number of para-hydroxylation sites is 1. The second kappa shape index (κ2) is 13.5. The summed E-state index contributed by atoms with van der Waals surface area (Å²) in [6.45, 7) is 14.9. The van der Waals surface area contributed by atoms with Gasteiger partial charge in [-0.05, 0) is 90.0 Å². The van der Waals surface area contributed by atoms with Gasteiger partial charge < -0.3 is 0 Å². The Morgan fingerprint density at radius 2 is 0.911 bits per heavy atom. The third-order valence-corrected chi connectivity index (χ3v) is 10.7. The van der Waals surface area contributed by atoms with Crippen molar-refractivity contribution in [1.82, 2.24) is 9.97 Å². The Bertz CT molecular complexity index is 3240. The van der Waals surface area contributed by atoms with Crippen molar-refractivity contribution in [1.29, 1.82) is 0 Å². The lowest BCUT2D eigenvalue weighted by Gasteiger charge is -2.15. The molecule has 4 heteroatoms. The molecule has 0 aliphatic heterocycles. The van der Waals surface area contributed by atoms with Gasteiger partial charge in [0.2, 0.25) is 0 Å². The average Bonchev–Trinajstić information content (AvgIpc) is 3.28. The van der Waals surface area contributed by atoms with Crippen LogP contribution in [0.5, 0.6) is 0 Å². The van der Waals surface area contributed by atoms with Gasteiger partial charge >= 0.3 is 0 Å². The number of benzene rings is 9. The Morgan fingerprint density at radius 3 is 1.64 bits per heavy atom. The van der Waals surface area contributed by atoms with E-state index in [9.17, 15) is 0 Å². The van der Waals surface area contributed by atoms with Gasteiger partial charge in [0, 0.05) is 16.5 Å². The summed E-state index contributed by atoms with van der Waals surface area (Å²) in [5, 5.41) is 8.11. The Balaban J connectivity index is 1.09. The average molecular weight is 711 g/mol. The first-order valence-corrected chi connectivity index (χ1v) is 18.5. The van der Waals surface area contributed by atoms with Crippen molar-refractivity contribution in [2.24, 2.45) is 0 Å². The van der Waals surface area contributed by atoms with E-state index in [4.69, 9.17) is 23.1 Å². The van der Waals surface area contributed by atoms with Gasteiger partial charge in [0.25, 0.3) is 0 Å². The van der Waals surface area contributed by atoms with E-state index >= 15 is 0 Å². The van der Waals surface area contributed by atoms with Crippen molar-refractivity contribution >= 4 is 54.6 Å². The highest BCUT2D eigenvalue weighted by Gasteiger charge is 2.17. The van der Waals surface area contributed by atoms with Crippen molar-refractivity contribution in [3.8, 4) is 56.0 Å². The highest BCUT2D eigenvalue weighted by Crippen LogP contribution is 2.40. The number of nitrogens with zero attached hydrogens (tertiary/aromatic N) is 4. The molecule has 0 saturated carbocycles. The molecule has 0 unspecified atom stereocenters. The van der Waals surface area contributed by atoms with Crippen LogP contribution in [0.2, 0.25) is 0 Å². The first-order valence-electron chi connectivity index (χ1n) is 18.5. The summed E-state index contributed by atoms with van der Waals surface area (Å²) in [6.07, 6.45) is 0. The van der Waals surface area contributed by atoms with E-state index in [1.54, 1.807) is 6.07 Å². The largest absolute Gasteiger partial charge is 0.239 e. The maximum absolute atomic E-state index is 7.47. The Morgan fingerprint density at radius 1 is 0.339 bits per heavy atom. The molecule has 258 valence electrons. The fraction of sp³-hybridized carbons (Fsp3) is 0. The highest BCUT2D eigenvalue weighted by molar-refractivity contribution is 6.14. The molecular formula is C52H30N4. The van der Waals surface area contributed by atoms with Crippen molar-refractivity contribution in [2.45, 2.75) is 0 Å². The van der Waals surface area contributed by atoms with Crippen LogP contribution in [-0.2, 0) is 0 Å². The van der Waals surface area contributed by atoms with E-state index < -0.39 is 0 Å². The fourth-order valence-corrected chi connectivity index (χ4v) is 8.02. The monoisotopic (exact) mass is 710 g/mol. The summed E-state index contributed by atoms with van der Waals surface area (Å²) in [4.78, 5) is 17.7. The van der Waals surface area contributed by atoms with Gasteiger partial charge in [-0.1, -0.05) is 158 Å². The minimum absolute atomic E-state index is 0.462. The van der Waals surface area contributed by atoms with Gasteiger partial charge in [0.15, 0.2) is 17.2 Å². The number of fused-ring (bicyclic) bond motifs is 5. The van der Waals surface area contributed by atoms with Gasteiger partial charge in [-0.2, -0.15) is 0 Å². The fourth-order valence-electron chi connectivity index (χ4n) is 8.02. The molecule has 0 bridgehead atoms. The summed E-state index contributed by atoms with van der Waals surface area (Å²) < 4.78 is 0. The molecule has 0 saturated heterocycles. The quantitative estimate of drug-likeness (QED) is 0.132. The Kier molecular flexibility index (Phi) is 7.88. The van der Waals surface area contributed by atoms with Crippen LogP contribution in [0.25, 0.3) is 109 Å². The molecule has 4 nitrogen and oxygen atoms in total. The van der Waals surface area contributed by atoms with Crippen molar-refractivity contribution < 1.29 is 0 Å². The summed E-state index contributed by atoms with van der Waals surface area (Å²) in [7, 11) is 0. The summed E-state index contributed by atoms with van der Waals surface area (Å²) in [5.74, 6) is 0.675. The predicted molar refractivity (Wildman–Crippen MR) is 232 cm³/mol. The third-order valence-electron chi connectivity index (χ3n) is 10.7. The second-order valence-electron chi connectivity index (χ2n) is 13.9. The van der Waals surface area contributed by atoms with Crippen LogP contribution >= 0.6 is 0 Å². The van der Waals surface area contributed by atoms with Crippen LogP contribution in [-0.4, -0.2) is 9.97 Å². The topological polar surface area (TPSA) is 34.5 Å². The van der Waals surface area contributed by atoms with Crippen molar-refractivity contribution in [3.63, 3.8) is 0 Å². The van der Waals surface area contributed by atoms with Gasteiger partial charge in [-0.25, -0.2) is 19.7 Å². The molecule has 0 spiro atoms. The van der Waals surface area contributed by atoms with Crippen LogP contribution in [0, 0.1) is 13.1 Å². The third kappa shape index (κ3) is 5.62. The first-order chi connectivity index (χ1) is 27.6. The molecule has 0 amide bonds. The zero-order valence-electron chi connectivity index (χ0n) is 30.1. The standard InChI is InChI=1S/C52H30N4/c1-53-39-29-38(30-40(32-39)54-2)33-22-24-34(25-23-33)42-26-27-47(45-18-7-5-17-44(42)45)52-55-50-21-10-9-20-48(50)51(56-52)37-14-11-13-35(28-37)49-31-36-12-3-4-15-41(36)43-16-6-8-19-46(43)49/h3-32H. The van der Waals surface area contributed by atoms with Crippen LogP contribution in [0.15, 0.2) is 182 Å². The molecule has 0 atom stereocenters. The van der Waals surface area contributed by atoms with Crippen molar-refractivity contribution in [3.05, 3.63) is 205 Å². The Hall–Kier alpha value is -7.92. The number of rotatable bonds is 5. The normalized spacial score (nSPS) is 11.2. The number of hydrogen-bond acceptors (Lipinski definition) is 2. The van der Waals surface area contributed by atoms with E-state index in [-0.39, 0.29) is 0 Å². The lowest BCUT2D eigenvalue weighted by molar-refractivity contribution is 1.23. The molecule has 9 aromatic carbocycles. The zero-order valence-corrected chi connectivity index (χ0v) is 30.1. The molecule has 1 aromatic heterocycles. The van der Waals surface area contributed by atoms with Crippen LogP contribution < -0.4 is 0 Å². The van der Waals surface area contributed by atoms with E-state index in [1.807, 2.05) is 18.2 Å². The van der Waals surface area contributed by atoms with Gasteiger partial charge in [-0.3, -0.25) is 0 Å². The molecule has 0 fully saturated rings. The molecule has 1 heterocycles. The summed E-state index contributed by atoms with van der Waals surface area (Å²) in [5.41, 5.74) is 11.0. The maximum Gasteiger partial charge on any atom is 0.177 e. The molecular weight excluding hydrogens is 681 g/mol. The number of hydrogen-bond donors (Lipinski definition) is 0. The maximum atomic E-state index is 7.47. The van der Waals surface area contributed by atoms with E-state index in [0.29, 0.717) is 17.2 Å². The minimum Gasteiger partial charge on any atom is -0.239 e. The van der Waals surface area contributed by atoms with E-state index in [1.165, 1.54) is 27.1 Å². The van der Waals surface area contributed by atoms with Gasteiger partial charge in [0.1, 0.15) is 0 Å². The molecule has 0 aliphatic rings.